The number of carbonyl (C=O) groups excluding carboxylic acids is 4. The van der Waals surface area contributed by atoms with Crippen molar-refractivity contribution in [2.45, 2.75) is 71.5 Å². The fourth-order valence-electron chi connectivity index (χ4n) is 4.97. The van der Waals surface area contributed by atoms with E-state index < -0.39 is 18.3 Å². The van der Waals surface area contributed by atoms with Gasteiger partial charge >= 0.3 is 12.2 Å². The van der Waals surface area contributed by atoms with Crippen molar-refractivity contribution in [1.82, 2.24) is 14.7 Å². The zero-order valence-electron chi connectivity index (χ0n) is 25.9. The Hall–Kier alpha value is -2.98. The largest absolute Gasteiger partial charge is 0.449 e. The molecule has 42 heavy (non-hydrogen) atoms. The predicted octanol–water partition coefficient (Wildman–Crippen LogP) is 4.24. The normalized spacial score (nSPS) is 21.4. The van der Waals surface area contributed by atoms with E-state index in [1.807, 2.05) is 58.2 Å². The van der Waals surface area contributed by atoms with Crippen LogP contribution >= 0.6 is 0 Å². The summed E-state index contributed by atoms with van der Waals surface area (Å²) in [6.07, 6.45) is 14.1. The minimum atomic E-state index is -0.479. The van der Waals surface area contributed by atoms with Crippen LogP contribution in [-0.4, -0.2) is 110 Å². The molecule has 2 heterocycles. The van der Waals surface area contributed by atoms with Crippen molar-refractivity contribution in [3.8, 4) is 0 Å². The molecule has 0 aromatic carbocycles. The standard InChI is InChI=1S/C32H51N3O7/c1-25(24-41-31(39)35-16-15-28(38)22-35)10-9-11-26(2)30(23-37)27(3)13-14-29(12-7-5-6-8-21-36)42-32(40)34-19-17-33(4)18-20-34/h9-11,13-14,21,23,25,27-30,38H,5-8,12,15-20,22,24H2,1-4H3/b10-9+,14-13+,26-11+/t25-,27+,28-,29-,30-/m1/s1. The number of nitrogens with zero attached hydrogens (tertiary/aromatic N) is 3. The molecule has 2 saturated heterocycles. The number of carbonyl (C=O) groups is 4. The number of aliphatic hydroxyl groups is 1. The SMILES string of the molecule is C/C(=C\C=C\[C@@H](C)COC(=O)N1CC[C@@H](O)C1)[C@@H](C=O)[C@@H](C)/C=C/[C@@H](CCCCCC=O)OC(=O)N1CCN(C)CC1. The number of rotatable bonds is 16. The first-order valence-corrected chi connectivity index (χ1v) is 15.3. The van der Waals surface area contributed by atoms with Crippen molar-refractivity contribution >= 4 is 24.8 Å². The third-order valence-electron chi connectivity index (χ3n) is 7.88. The Balaban J connectivity index is 1.92. The topological polar surface area (TPSA) is 117 Å². The van der Waals surface area contributed by atoms with E-state index >= 15 is 0 Å². The van der Waals surface area contributed by atoms with Gasteiger partial charge in [0.15, 0.2) is 0 Å². The molecule has 0 bridgehead atoms. The number of likely N-dealkylation sites (tertiary alicyclic amines) is 1. The van der Waals surface area contributed by atoms with Crippen molar-refractivity contribution in [3.05, 3.63) is 36.0 Å². The van der Waals surface area contributed by atoms with Gasteiger partial charge in [-0.1, -0.05) is 50.1 Å². The lowest BCUT2D eigenvalue weighted by Crippen LogP contribution is -2.47. The second kappa shape index (κ2) is 19.3. The highest BCUT2D eigenvalue weighted by atomic mass is 16.6. The number of amides is 2. The zero-order valence-corrected chi connectivity index (χ0v) is 25.9. The summed E-state index contributed by atoms with van der Waals surface area (Å²) in [6, 6.07) is 0. The monoisotopic (exact) mass is 589 g/mol. The molecule has 0 aromatic rings. The highest BCUT2D eigenvalue weighted by Crippen LogP contribution is 2.22. The Morgan fingerprint density at radius 1 is 0.952 bits per heavy atom. The number of β-amino-alcohol motifs (C(OH)–C–C–N with tert-alkyl or cyclic N) is 1. The van der Waals surface area contributed by atoms with Gasteiger partial charge in [0.05, 0.1) is 12.7 Å². The molecule has 2 rings (SSSR count). The van der Waals surface area contributed by atoms with Crippen LogP contribution < -0.4 is 0 Å². The quantitative estimate of drug-likeness (QED) is 0.123. The van der Waals surface area contributed by atoms with Crippen molar-refractivity contribution in [2.75, 3.05) is 52.9 Å². The van der Waals surface area contributed by atoms with E-state index in [0.29, 0.717) is 45.4 Å². The maximum atomic E-state index is 12.8. The maximum Gasteiger partial charge on any atom is 0.410 e. The van der Waals surface area contributed by atoms with Gasteiger partial charge < -0.3 is 38.9 Å². The fraction of sp³-hybridized carbons (Fsp3) is 0.688. The molecule has 0 spiro atoms. The number of hydrogen-bond donors (Lipinski definition) is 1. The Labute approximate surface area is 251 Å². The average Bonchev–Trinajstić information content (AvgIpc) is 3.41. The fourth-order valence-corrected chi connectivity index (χ4v) is 4.97. The smallest absolute Gasteiger partial charge is 0.410 e. The van der Waals surface area contributed by atoms with Crippen LogP contribution in [0.1, 0.15) is 59.3 Å². The van der Waals surface area contributed by atoms with E-state index in [2.05, 4.69) is 4.90 Å². The molecular formula is C32H51N3O7. The van der Waals surface area contributed by atoms with E-state index in [-0.39, 0.29) is 30.5 Å². The van der Waals surface area contributed by atoms with Gasteiger partial charge in [-0.25, -0.2) is 9.59 Å². The first-order valence-electron chi connectivity index (χ1n) is 15.3. The molecule has 2 amide bonds. The summed E-state index contributed by atoms with van der Waals surface area (Å²) < 4.78 is 11.2. The Morgan fingerprint density at radius 2 is 1.69 bits per heavy atom. The first kappa shape index (κ1) is 35.2. The highest BCUT2D eigenvalue weighted by molar-refractivity contribution is 5.68. The number of aldehydes is 2. The van der Waals surface area contributed by atoms with Crippen molar-refractivity contribution in [1.29, 1.82) is 0 Å². The first-order chi connectivity index (χ1) is 20.1. The van der Waals surface area contributed by atoms with Crippen molar-refractivity contribution < 1.29 is 33.8 Å². The van der Waals surface area contributed by atoms with Gasteiger partial charge in [0.2, 0.25) is 0 Å². The molecule has 0 aromatic heterocycles. The van der Waals surface area contributed by atoms with Gasteiger partial charge in [-0.2, -0.15) is 0 Å². The molecule has 2 fully saturated rings. The van der Waals surface area contributed by atoms with Crippen LogP contribution in [0.4, 0.5) is 9.59 Å². The Kier molecular flexibility index (Phi) is 16.1. The predicted molar refractivity (Wildman–Crippen MR) is 162 cm³/mol. The van der Waals surface area contributed by atoms with E-state index in [9.17, 15) is 24.3 Å². The van der Waals surface area contributed by atoms with Crippen LogP contribution in [0.5, 0.6) is 0 Å². The molecule has 0 radical (unpaired) electrons. The summed E-state index contributed by atoms with van der Waals surface area (Å²) in [4.78, 5) is 53.0. The van der Waals surface area contributed by atoms with Crippen molar-refractivity contribution in [3.63, 3.8) is 0 Å². The number of allylic oxidation sites excluding steroid dienone is 4. The van der Waals surface area contributed by atoms with E-state index in [1.54, 1.807) is 4.90 Å². The van der Waals surface area contributed by atoms with Crippen LogP contribution in [-0.2, 0) is 19.1 Å². The second-order valence-electron chi connectivity index (χ2n) is 11.7. The molecule has 1 N–H and O–H groups in total. The minimum Gasteiger partial charge on any atom is -0.449 e. The number of aliphatic hydroxyl groups excluding tert-OH is 1. The number of piperazine rings is 1. The number of unbranched alkanes of at least 4 members (excludes halogenated alkanes) is 3. The van der Waals surface area contributed by atoms with Gasteiger partial charge in [0.1, 0.15) is 18.7 Å². The third kappa shape index (κ3) is 12.9. The second-order valence-corrected chi connectivity index (χ2v) is 11.7. The molecule has 2 aliphatic rings. The van der Waals surface area contributed by atoms with Crippen LogP contribution in [0.15, 0.2) is 36.0 Å². The van der Waals surface area contributed by atoms with Crippen LogP contribution in [0.2, 0.25) is 0 Å². The third-order valence-corrected chi connectivity index (χ3v) is 7.88. The Morgan fingerprint density at radius 3 is 2.33 bits per heavy atom. The number of ether oxygens (including phenoxy) is 2. The van der Waals surface area contributed by atoms with Gasteiger partial charge in [-0.05, 0) is 51.6 Å². The zero-order chi connectivity index (χ0) is 30.9. The summed E-state index contributed by atoms with van der Waals surface area (Å²) >= 11 is 0. The molecule has 0 saturated carbocycles. The molecule has 10 heteroatoms. The lowest BCUT2D eigenvalue weighted by Gasteiger charge is -2.32. The molecule has 0 aliphatic carbocycles. The lowest BCUT2D eigenvalue weighted by atomic mass is 9.88. The molecule has 10 nitrogen and oxygen atoms in total. The van der Waals surface area contributed by atoms with Crippen LogP contribution in [0, 0.1) is 17.8 Å². The summed E-state index contributed by atoms with van der Waals surface area (Å²) in [5.74, 6) is -0.469. The maximum absolute atomic E-state index is 12.8. The van der Waals surface area contributed by atoms with E-state index in [4.69, 9.17) is 9.47 Å². The van der Waals surface area contributed by atoms with Gasteiger partial charge in [0.25, 0.3) is 0 Å². The molecule has 0 unspecified atom stereocenters. The van der Waals surface area contributed by atoms with Crippen LogP contribution in [0.3, 0.4) is 0 Å². The van der Waals surface area contributed by atoms with Crippen molar-refractivity contribution in [2.24, 2.45) is 17.8 Å². The number of hydrogen-bond acceptors (Lipinski definition) is 8. The molecule has 5 atom stereocenters. The van der Waals surface area contributed by atoms with Crippen LogP contribution in [0.25, 0.3) is 0 Å². The van der Waals surface area contributed by atoms with E-state index in [1.165, 1.54) is 4.90 Å². The average molecular weight is 590 g/mol. The number of likely N-dealkylation sites (N-methyl/N-ethyl adjacent to an activating group) is 1. The Bertz CT molecular complexity index is 942. The lowest BCUT2D eigenvalue weighted by molar-refractivity contribution is -0.111. The van der Waals surface area contributed by atoms with Gasteiger partial charge in [0, 0.05) is 57.5 Å². The minimum absolute atomic E-state index is 0.0141. The van der Waals surface area contributed by atoms with E-state index in [0.717, 1.165) is 50.5 Å². The summed E-state index contributed by atoms with van der Waals surface area (Å²) in [5.41, 5.74) is 0.897. The summed E-state index contributed by atoms with van der Waals surface area (Å²) in [6.45, 7) is 9.77. The molecule has 2 aliphatic heterocycles. The molecule has 236 valence electrons. The van der Waals surface area contributed by atoms with Gasteiger partial charge in [-0.15, -0.1) is 0 Å². The summed E-state index contributed by atoms with van der Waals surface area (Å²) in [5, 5.41) is 9.58. The van der Waals surface area contributed by atoms with Gasteiger partial charge in [-0.3, -0.25) is 0 Å². The summed E-state index contributed by atoms with van der Waals surface area (Å²) in [7, 11) is 2.03. The highest BCUT2D eigenvalue weighted by Gasteiger charge is 2.26. The molecular weight excluding hydrogens is 538 g/mol.